The van der Waals surface area contributed by atoms with Gasteiger partial charge < -0.3 is 15.8 Å². The van der Waals surface area contributed by atoms with Crippen LogP contribution in [0.25, 0.3) is 10.2 Å². The summed E-state index contributed by atoms with van der Waals surface area (Å²) in [5.74, 6) is -0.0980. The lowest BCUT2D eigenvalue weighted by Gasteiger charge is -2.15. The van der Waals surface area contributed by atoms with Crippen LogP contribution in [0.4, 0.5) is 5.69 Å². The minimum absolute atomic E-state index is 0.0980. The highest BCUT2D eigenvalue weighted by Crippen LogP contribution is 2.48. The Kier molecular flexibility index (Phi) is 3.82. The minimum atomic E-state index is -0.0980. The summed E-state index contributed by atoms with van der Waals surface area (Å²) >= 11 is 1.35. The van der Waals surface area contributed by atoms with E-state index < -0.39 is 0 Å². The van der Waals surface area contributed by atoms with E-state index in [1.807, 2.05) is 12.1 Å². The summed E-state index contributed by atoms with van der Waals surface area (Å²) in [4.78, 5) is 18.0. The molecule has 112 valence electrons. The first-order valence-corrected chi connectivity index (χ1v) is 7.87. The number of carbonyl (C=O) groups is 1. The summed E-state index contributed by atoms with van der Waals surface area (Å²) in [7, 11) is 1.71. The number of fused-ring (bicyclic) bond motifs is 1. The fraction of sp³-hybridized carbons (Fsp3) is 0.467. The van der Waals surface area contributed by atoms with Crippen LogP contribution in [0.2, 0.25) is 0 Å². The Morgan fingerprint density at radius 1 is 1.57 bits per heavy atom. The van der Waals surface area contributed by atoms with Gasteiger partial charge in [-0.15, -0.1) is 11.3 Å². The van der Waals surface area contributed by atoms with Gasteiger partial charge in [-0.1, -0.05) is 0 Å². The molecule has 1 aliphatic carbocycles. The smallest absolute Gasteiger partial charge is 0.263 e. The monoisotopic (exact) mass is 305 g/mol. The fourth-order valence-electron chi connectivity index (χ4n) is 2.48. The molecule has 3 N–H and O–H groups in total. The van der Waals surface area contributed by atoms with Gasteiger partial charge in [0.05, 0.1) is 5.69 Å². The number of nitrogens with zero attached hydrogens (tertiary/aromatic N) is 1. The normalized spacial score (nSPS) is 16.0. The fourth-order valence-corrected chi connectivity index (χ4v) is 3.46. The van der Waals surface area contributed by atoms with Crippen molar-refractivity contribution in [3.63, 3.8) is 0 Å². The van der Waals surface area contributed by atoms with Gasteiger partial charge >= 0.3 is 0 Å². The van der Waals surface area contributed by atoms with E-state index in [2.05, 4.69) is 10.3 Å². The maximum Gasteiger partial charge on any atom is 0.263 e. The highest BCUT2D eigenvalue weighted by Gasteiger charge is 2.42. The molecule has 0 aromatic carbocycles. The number of rotatable bonds is 6. The number of pyridine rings is 1. The zero-order valence-electron chi connectivity index (χ0n) is 12.0. The molecule has 0 aliphatic heterocycles. The third-order valence-electron chi connectivity index (χ3n) is 4.13. The van der Waals surface area contributed by atoms with Crippen LogP contribution in [0, 0.1) is 5.41 Å². The number of aromatic nitrogens is 1. The predicted octanol–water partition coefficient (Wildman–Crippen LogP) is 2.43. The topological polar surface area (TPSA) is 77.2 Å². The third-order valence-corrected chi connectivity index (χ3v) is 5.26. The van der Waals surface area contributed by atoms with E-state index in [1.54, 1.807) is 13.3 Å². The first kappa shape index (κ1) is 14.3. The molecule has 6 heteroatoms. The van der Waals surface area contributed by atoms with E-state index in [0.29, 0.717) is 17.1 Å². The number of amides is 1. The number of nitrogens with two attached hydrogens (primary N) is 1. The third kappa shape index (κ3) is 2.87. The number of nitrogens with one attached hydrogen (secondary N) is 1. The molecule has 1 aliphatic rings. The summed E-state index contributed by atoms with van der Waals surface area (Å²) in [5, 5.41) is 3.88. The van der Waals surface area contributed by atoms with Crippen molar-refractivity contribution < 1.29 is 9.53 Å². The Bertz CT molecular complexity index is 664. The lowest BCUT2D eigenvalue weighted by molar-refractivity contribution is 0.0943. The van der Waals surface area contributed by atoms with Gasteiger partial charge in [-0.2, -0.15) is 0 Å². The van der Waals surface area contributed by atoms with Gasteiger partial charge in [0.2, 0.25) is 0 Å². The predicted molar refractivity (Wildman–Crippen MR) is 84.5 cm³/mol. The summed E-state index contributed by atoms with van der Waals surface area (Å²) in [6.45, 7) is 1.43. The standard InChI is InChI=1S/C15H19N3O2S/c1-20-8-6-15(4-5-15)9-18-13(19)12-11(16)10-3-2-7-17-14(10)21-12/h2-3,7H,4-6,8-9,16H2,1H3,(H,18,19). The van der Waals surface area contributed by atoms with E-state index in [-0.39, 0.29) is 11.3 Å². The molecule has 1 fully saturated rings. The molecule has 0 spiro atoms. The molecule has 3 rings (SSSR count). The summed E-state index contributed by atoms with van der Waals surface area (Å²) < 4.78 is 5.13. The molecule has 2 aromatic heterocycles. The Morgan fingerprint density at radius 3 is 3.05 bits per heavy atom. The van der Waals surface area contributed by atoms with Crippen molar-refractivity contribution in [3.05, 3.63) is 23.2 Å². The quantitative estimate of drug-likeness (QED) is 0.859. The lowest BCUT2D eigenvalue weighted by Crippen LogP contribution is -2.30. The van der Waals surface area contributed by atoms with Crippen LogP contribution in [-0.2, 0) is 4.74 Å². The lowest BCUT2D eigenvalue weighted by atomic mass is 10.0. The van der Waals surface area contributed by atoms with Crippen molar-refractivity contribution >= 4 is 33.1 Å². The zero-order valence-corrected chi connectivity index (χ0v) is 12.8. The zero-order chi connectivity index (χ0) is 14.9. The van der Waals surface area contributed by atoms with Gasteiger partial charge in [0.15, 0.2) is 0 Å². The molecule has 0 atom stereocenters. The Hall–Kier alpha value is -1.66. The van der Waals surface area contributed by atoms with Gasteiger partial charge in [-0.25, -0.2) is 4.98 Å². The van der Waals surface area contributed by atoms with Crippen LogP contribution < -0.4 is 11.1 Å². The van der Waals surface area contributed by atoms with Crippen LogP contribution in [0.3, 0.4) is 0 Å². The molecular formula is C15H19N3O2S. The highest BCUT2D eigenvalue weighted by molar-refractivity contribution is 7.21. The van der Waals surface area contributed by atoms with Crippen LogP contribution in [-0.4, -0.2) is 31.2 Å². The van der Waals surface area contributed by atoms with Crippen LogP contribution in [0.5, 0.6) is 0 Å². The van der Waals surface area contributed by atoms with Gasteiger partial charge in [0.25, 0.3) is 5.91 Å². The number of carbonyl (C=O) groups excluding carboxylic acids is 1. The first-order valence-electron chi connectivity index (χ1n) is 7.05. The van der Waals surface area contributed by atoms with Crippen molar-refractivity contribution in [1.29, 1.82) is 0 Å². The summed E-state index contributed by atoms with van der Waals surface area (Å²) in [6, 6.07) is 3.73. The van der Waals surface area contributed by atoms with E-state index >= 15 is 0 Å². The molecule has 21 heavy (non-hydrogen) atoms. The van der Waals surface area contributed by atoms with E-state index in [0.717, 1.165) is 36.1 Å². The number of methoxy groups -OCH3 is 1. The second-order valence-electron chi connectivity index (χ2n) is 5.63. The number of anilines is 1. The maximum absolute atomic E-state index is 12.3. The molecular weight excluding hydrogens is 286 g/mol. The molecule has 0 saturated heterocycles. The Labute approximate surface area is 127 Å². The van der Waals surface area contributed by atoms with Gasteiger partial charge in [0, 0.05) is 31.8 Å². The number of ether oxygens (including phenoxy) is 1. The van der Waals surface area contributed by atoms with Crippen LogP contribution in [0.15, 0.2) is 18.3 Å². The molecule has 1 saturated carbocycles. The van der Waals surface area contributed by atoms with Crippen molar-refractivity contribution in [2.45, 2.75) is 19.3 Å². The molecule has 5 nitrogen and oxygen atoms in total. The molecule has 1 amide bonds. The van der Waals surface area contributed by atoms with E-state index in [9.17, 15) is 4.79 Å². The van der Waals surface area contributed by atoms with Gasteiger partial charge in [0.1, 0.15) is 9.71 Å². The molecule has 0 unspecified atom stereocenters. The molecule has 0 radical (unpaired) electrons. The molecule has 2 heterocycles. The Morgan fingerprint density at radius 2 is 2.38 bits per heavy atom. The maximum atomic E-state index is 12.3. The molecule has 0 bridgehead atoms. The first-order chi connectivity index (χ1) is 10.2. The van der Waals surface area contributed by atoms with Crippen molar-refractivity contribution in [2.24, 2.45) is 5.41 Å². The average Bonchev–Trinajstić information content (AvgIpc) is 3.21. The van der Waals surface area contributed by atoms with E-state index in [1.165, 1.54) is 11.3 Å². The number of nitrogen functional groups attached to an aromatic ring is 1. The largest absolute Gasteiger partial charge is 0.397 e. The number of hydrogen-bond donors (Lipinski definition) is 2. The van der Waals surface area contributed by atoms with E-state index in [4.69, 9.17) is 10.5 Å². The average molecular weight is 305 g/mol. The number of hydrogen-bond acceptors (Lipinski definition) is 5. The second kappa shape index (κ2) is 5.61. The SMILES string of the molecule is COCCC1(CNC(=O)c2sc3ncccc3c2N)CC1. The van der Waals surface area contributed by atoms with Crippen molar-refractivity contribution in [1.82, 2.24) is 10.3 Å². The Balaban J connectivity index is 1.69. The van der Waals surface area contributed by atoms with Crippen molar-refractivity contribution in [3.8, 4) is 0 Å². The number of thiophene rings is 1. The molecule has 2 aromatic rings. The van der Waals surface area contributed by atoms with Crippen LogP contribution in [0.1, 0.15) is 28.9 Å². The highest BCUT2D eigenvalue weighted by atomic mass is 32.1. The second-order valence-corrected chi connectivity index (χ2v) is 6.63. The summed E-state index contributed by atoms with van der Waals surface area (Å²) in [6.07, 6.45) is 5.01. The summed E-state index contributed by atoms with van der Waals surface area (Å²) in [5.41, 5.74) is 6.83. The van der Waals surface area contributed by atoms with Crippen LogP contribution >= 0.6 is 11.3 Å². The van der Waals surface area contributed by atoms with Crippen molar-refractivity contribution in [2.75, 3.05) is 26.0 Å². The van der Waals surface area contributed by atoms with Gasteiger partial charge in [-0.3, -0.25) is 4.79 Å². The van der Waals surface area contributed by atoms with Gasteiger partial charge in [-0.05, 0) is 36.8 Å². The minimum Gasteiger partial charge on any atom is -0.397 e.